The van der Waals surface area contributed by atoms with Gasteiger partial charge in [-0.3, -0.25) is 9.59 Å². The lowest BCUT2D eigenvalue weighted by Gasteiger charge is -2.19. The van der Waals surface area contributed by atoms with E-state index in [0.717, 1.165) is 16.9 Å². The summed E-state index contributed by atoms with van der Waals surface area (Å²) in [5.41, 5.74) is 1.26. The SMILES string of the molecule is CCc1ccc(CNC(=O)CC(NC(=O)c2ccccc2Cl)c2ccccc2)s1. The molecule has 1 atom stereocenters. The Labute approximate surface area is 179 Å². The largest absolute Gasteiger partial charge is 0.351 e. The van der Waals surface area contributed by atoms with Crippen molar-refractivity contribution in [2.45, 2.75) is 32.4 Å². The van der Waals surface area contributed by atoms with Gasteiger partial charge in [0.05, 0.1) is 29.6 Å². The summed E-state index contributed by atoms with van der Waals surface area (Å²) in [4.78, 5) is 27.7. The molecule has 1 heterocycles. The number of nitrogens with one attached hydrogen (secondary N) is 2. The minimum absolute atomic E-state index is 0.121. The number of carbonyl (C=O) groups is 2. The van der Waals surface area contributed by atoms with E-state index in [1.54, 1.807) is 35.6 Å². The lowest BCUT2D eigenvalue weighted by molar-refractivity contribution is -0.121. The van der Waals surface area contributed by atoms with Crippen molar-refractivity contribution < 1.29 is 9.59 Å². The zero-order valence-corrected chi connectivity index (χ0v) is 17.7. The third-order valence-electron chi connectivity index (χ3n) is 4.54. The highest BCUT2D eigenvalue weighted by atomic mass is 35.5. The van der Waals surface area contributed by atoms with Gasteiger partial charge in [-0.2, -0.15) is 0 Å². The second-order valence-corrected chi connectivity index (χ2v) is 8.28. The average Bonchev–Trinajstić information content (AvgIpc) is 3.21. The number of hydrogen-bond donors (Lipinski definition) is 2. The van der Waals surface area contributed by atoms with E-state index in [1.165, 1.54) is 4.88 Å². The van der Waals surface area contributed by atoms with E-state index in [0.29, 0.717) is 17.1 Å². The molecule has 150 valence electrons. The van der Waals surface area contributed by atoms with Crippen LogP contribution in [0.1, 0.15) is 45.1 Å². The quantitative estimate of drug-likeness (QED) is 0.523. The van der Waals surface area contributed by atoms with Crippen molar-refractivity contribution in [3.8, 4) is 0 Å². The van der Waals surface area contributed by atoms with Gasteiger partial charge in [-0.1, -0.05) is 61.0 Å². The third kappa shape index (κ3) is 5.92. The molecule has 2 aromatic carbocycles. The molecule has 0 aliphatic carbocycles. The van der Waals surface area contributed by atoms with Crippen LogP contribution >= 0.6 is 22.9 Å². The topological polar surface area (TPSA) is 58.2 Å². The molecule has 0 spiro atoms. The van der Waals surface area contributed by atoms with Crippen molar-refractivity contribution in [3.05, 3.63) is 92.6 Å². The zero-order chi connectivity index (χ0) is 20.6. The number of carbonyl (C=O) groups excluding carboxylic acids is 2. The highest BCUT2D eigenvalue weighted by molar-refractivity contribution is 7.11. The van der Waals surface area contributed by atoms with E-state index in [1.807, 2.05) is 36.4 Å². The first kappa shape index (κ1) is 21.1. The minimum atomic E-state index is -0.450. The Balaban J connectivity index is 1.68. The summed E-state index contributed by atoms with van der Waals surface area (Å²) >= 11 is 7.85. The van der Waals surface area contributed by atoms with E-state index in [4.69, 9.17) is 11.6 Å². The summed E-state index contributed by atoms with van der Waals surface area (Å²) in [6.07, 6.45) is 1.13. The molecule has 1 aromatic heterocycles. The van der Waals surface area contributed by atoms with Crippen molar-refractivity contribution in [1.82, 2.24) is 10.6 Å². The summed E-state index contributed by atoms with van der Waals surface area (Å²) in [6, 6.07) is 20.0. The van der Waals surface area contributed by atoms with Gasteiger partial charge in [0.25, 0.3) is 5.91 Å². The molecule has 0 fully saturated rings. The van der Waals surface area contributed by atoms with Crippen LogP contribution in [0.2, 0.25) is 5.02 Å². The standard InChI is InChI=1S/C23H23ClN2O2S/c1-2-17-12-13-18(29-17)15-25-22(27)14-21(16-8-4-3-5-9-16)26-23(28)19-10-6-7-11-20(19)24/h3-13,21H,2,14-15H2,1H3,(H,25,27)(H,26,28). The first-order valence-corrected chi connectivity index (χ1v) is 10.7. The van der Waals surface area contributed by atoms with E-state index in [2.05, 4.69) is 23.6 Å². The van der Waals surface area contributed by atoms with Crippen LogP contribution in [-0.4, -0.2) is 11.8 Å². The molecule has 6 heteroatoms. The van der Waals surface area contributed by atoms with Crippen LogP contribution in [0.15, 0.2) is 66.7 Å². The molecular formula is C23H23ClN2O2S. The molecule has 0 radical (unpaired) electrons. The molecule has 2 N–H and O–H groups in total. The van der Waals surface area contributed by atoms with Gasteiger partial charge < -0.3 is 10.6 Å². The zero-order valence-electron chi connectivity index (χ0n) is 16.2. The third-order valence-corrected chi connectivity index (χ3v) is 6.10. The van der Waals surface area contributed by atoms with Crippen molar-refractivity contribution >= 4 is 34.8 Å². The van der Waals surface area contributed by atoms with Gasteiger partial charge >= 0.3 is 0 Å². The lowest BCUT2D eigenvalue weighted by atomic mass is 10.0. The maximum absolute atomic E-state index is 12.7. The van der Waals surface area contributed by atoms with Crippen LogP contribution < -0.4 is 10.6 Å². The molecule has 0 aliphatic heterocycles. The Morgan fingerprint density at radius 3 is 2.34 bits per heavy atom. The number of aryl methyl sites for hydroxylation is 1. The summed E-state index contributed by atoms with van der Waals surface area (Å²) in [7, 11) is 0. The number of halogens is 1. The van der Waals surface area contributed by atoms with Crippen LogP contribution in [0.3, 0.4) is 0 Å². The first-order chi connectivity index (χ1) is 14.1. The van der Waals surface area contributed by atoms with Crippen molar-refractivity contribution in [1.29, 1.82) is 0 Å². The van der Waals surface area contributed by atoms with Gasteiger partial charge in [-0.05, 0) is 36.2 Å². The van der Waals surface area contributed by atoms with Crippen LogP contribution in [0.25, 0.3) is 0 Å². The first-order valence-electron chi connectivity index (χ1n) is 9.51. The molecule has 0 saturated heterocycles. The van der Waals surface area contributed by atoms with Gasteiger partial charge in [0.15, 0.2) is 0 Å². The molecule has 3 rings (SSSR count). The normalized spacial score (nSPS) is 11.7. The fourth-order valence-corrected chi connectivity index (χ4v) is 4.09. The lowest BCUT2D eigenvalue weighted by Crippen LogP contribution is -2.33. The molecule has 4 nitrogen and oxygen atoms in total. The minimum Gasteiger partial charge on any atom is -0.351 e. The van der Waals surface area contributed by atoms with Crippen LogP contribution in [-0.2, 0) is 17.8 Å². The van der Waals surface area contributed by atoms with Gasteiger partial charge in [0.2, 0.25) is 5.91 Å². The molecular weight excluding hydrogens is 404 g/mol. The average molecular weight is 427 g/mol. The number of rotatable bonds is 8. The monoisotopic (exact) mass is 426 g/mol. The van der Waals surface area contributed by atoms with Crippen LogP contribution in [0.4, 0.5) is 0 Å². The van der Waals surface area contributed by atoms with Gasteiger partial charge in [0, 0.05) is 9.75 Å². The van der Waals surface area contributed by atoms with E-state index in [9.17, 15) is 9.59 Å². The highest BCUT2D eigenvalue weighted by Crippen LogP contribution is 2.21. The predicted octanol–water partition coefficient (Wildman–Crippen LogP) is 5.14. The van der Waals surface area contributed by atoms with E-state index in [-0.39, 0.29) is 18.2 Å². The Morgan fingerprint density at radius 1 is 0.966 bits per heavy atom. The molecule has 0 saturated carbocycles. The van der Waals surface area contributed by atoms with Crippen molar-refractivity contribution in [2.24, 2.45) is 0 Å². The van der Waals surface area contributed by atoms with Crippen LogP contribution in [0.5, 0.6) is 0 Å². The second-order valence-electron chi connectivity index (χ2n) is 6.62. The van der Waals surface area contributed by atoms with Crippen molar-refractivity contribution in [3.63, 3.8) is 0 Å². The number of thiophene rings is 1. The highest BCUT2D eigenvalue weighted by Gasteiger charge is 2.20. The number of hydrogen-bond acceptors (Lipinski definition) is 3. The van der Waals surface area contributed by atoms with Gasteiger partial charge in [0.1, 0.15) is 0 Å². The van der Waals surface area contributed by atoms with Gasteiger partial charge in [-0.15, -0.1) is 11.3 Å². The summed E-state index contributed by atoms with van der Waals surface area (Å²) in [5, 5.41) is 6.29. The Bertz CT molecular complexity index is 972. The molecule has 1 unspecified atom stereocenters. The molecule has 29 heavy (non-hydrogen) atoms. The summed E-state index contributed by atoms with van der Waals surface area (Å²) in [5.74, 6) is -0.423. The van der Waals surface area contributed by atoms with Crippen molar-refractivity contribution in [2.75, 3.05) is 0 Å². The molecule has 0 bridgehead atoms. The fraction of sp³-hybridized carbons (Fsp3) is 0.217. The van der Waals surface area contributed by atoms with Gasteiger partial charge in [-0.25, -0.2) is 0 Å². The number of amides is 2. The molecule has 2 amide bonds. The summed E-state index contributed by atoms with van der Waals surface area (Å²) in [6.45, 7) is 2.60. The number of benzene rings is 2. The Hall–Kier alpha value is -2.63. The summed E-state index contributed by atoms with van der Waals surface area (Å²) < 4.78 is 0. The molecule has 0 aliphatic rings. The maximum atomic E-state index is 12.7. The Morgan fingerprint density at radius 2 is 1.66 bits per heavy atom. The smallest absolute Gasteiger partial charge is 0.253 e. The second kappa shape index (κ2) is 10.2. The fourth-order valence-electron chi connectivity index (χ4n) is 2.97. The molecule has 3 aromatic rings. The predicted molar refractivity (Wildman–Crippen MR) is 118 cm³/mol. The van der Waals surface area contributed by atoms with E-state index < -0.39 is 6.04 Å². The van der Waals surface area contributed by atoms with Crippen LogP contribution in [0, 0.1) is 0 Å². The maximum Gasteiger partial charge on any atom is 0.253 e. The van der Waals surface area contributed by atoms with E-state index >= 15 is 0 Å². The Kier molecular flexibility index (Phi) is 7.44.